The summed E-state index contributed by atoms with van der Waals surface area (Å²) < 4.78 is 0. The Kier molecular flexibility index (Phi) is 2.08. The second kappa shape index (κ2) is 3.23. The van der Waals surface area contributed by atoms with Gasteiger partial charge >= 0.3 is 0 Å². The minimum Gasteiger partial charge on any atom is -0.387 e. The second-order valence-corrected chi connectivity index (χ2v) is 6.10. The number of nitrogens with zero attached hydrogens (tertiary/aromatic N) is 1. The van der Waals surface area contributed by atoms with Crippen LogP contribution in [0.25, 0.3) is 0 Å². The van der Waals surface area contributed by atoms with Crippen LogP contribution in [0.5, 0.6) is 0 Å². The molecule has 0 aromatic carbocycles. The van der Waals surface area contributed by atoms with Gasteiger partial charge in [-0.2, -0.15) is 0 Å². The molecule has 4 aliphatic rings. The summed E-state index contributed by atoms with van der Waals surface area (Å²) in [4.78, 5) is 4.88. The summed E-state index contributed by atoms with van der Waals surface area (Å²) >= 11 is 0. The SMILES string of the molecule is CCC(N)=NC12CC3CC(CC(C3)C1)C2. The first kappa shape index (κ1) is 9.68. The first-order chi connectivity index (χ1) is 7.19. The highest BCUT2D eigenvalue weighted by atomic mass is 15.0. The monoisotopic (exact) mass is 206 g/mol. The summed E-state index contributed by atoms with van der Waals surface area (Å²) in [5.74, 6) is 3.82. The first-order valence-corrected chi connectivity index (χ1v) is 6.53. The molecule has 0 saturated heterocycles. The van der Waals surface area contributed by atoms with Crippen LogP contribution in [-0.2, 0) is 0 Å². The maximum absolute atomic E-state index is 5.94. The van der Waals surface area contributed by atoms with E-state index in [9.17, 15) is 0 Å². The van der Waals surface area contributed by atoms with Gasteiger partial charge in [0.1, 0.15) is 0 Å². The number of rotatable bonds is 2. The van der Waals surface area contributed by atoms with E-state index in [0.717, 1.165) is 30.0 Å². The van der Waals surface area contributed by atoms with Crippen molar-refractivity contribution in [3.63, 3.8) is 0 Å². The fraction of sp³-hybridized carbons (Fsp3) is 0.923. The molecule has 4 fully saturated rings. The normalized spacial score (nSPS) is 48.6. The van der Waals surface area contributed by atoms with Crippen LogP contribution in [0.4, 0.5) is 0 Å². The van der Waals surface area contributed by atoms with E-state index in [1.54, 1.807) is 0 Å². The molecule has 4 bridgehead atoms. The molecule has 4 saturated carbocycles. The molecule has 0 heterocycles. The molecule has 0 aromatic heterocycles. The van der Waals surface area contributed by atoms with Crippen molar-refractivity contribution in [1.82, 2.24) is 0 Å². The van der Waals surface area contributed by atoms with Crippen molar-refractivity contribution >= 4 is 5.84 Å². The van der Waals surface area contributed by atoms with Crippen LogP contribution in [0.2, 0.25) is 0 Å². The van der Waals surface area contributed by atoms with Gasteiger partial charge in [0.25, 0.3) is 0 Å². The zero-order valence-electron chi connectivity index (χ0n) is 9.71. The first-order valence-electron chi connectivity index (χ1n) is 6.53. The molecule has 84 valence electrons. The lowest BCUT2D eigenvalue weighted by Crippen LogP contribution is -2.50. The highest BCUT2D eigenvalue weighted by Crippen LogP contribution is 2.57. The molecule has 2 N–H and O–H groups in total. The highest BCUT2D eigenvalue weighted by Gasteiger charge is 2.50. The zero-order valence-corrected chi connectivity index (χ0v) is 9.71. The molecule has 0 unspecified atom stereocenters. The highest BCUT2D eigenvalue weighted by molar-refractivity contribution is 5.80. The Morgan fingerprint density at radius 2 is 1.60 bits per heavy atom. The third kappa shape index (κ3) is 1.58. The van der Waals surface area contributed by atoms with Gasteiger partial charge in [0.15, 0.2) is 0 Å². The van der Waals surface area contributed by atoms with Gasteiger partial charge in [-0.1, -0.05) is 6.92 Å². The predicted molar refractivity (Wildman–Crippen MR) is 62.8 cm³/mol. The van der Waals surface area contributed by atoms with Gasteiger partial charge in [-0.05, 0) is 56.3 Å². The Hall–Kier alpha value is -0.530. The van der Waals surface area contributed by atoms with Crippen LogP contribution < -0.4 is 5.73 Å². The molecule has 0 radical (unpaired) electrons. The van der Waals surface area contributed by atoms with E-state index >= 15 is 0 Å². The number of hydrogen-bond acceptors (Lipinski definition) is 1. The van der Waals surface area contributed by atoms with Crippen molar-refractivity contribution < 1.29 is 0 Å². The number of nitrogens with two attached hydrogens (primary N) is 1. The summed E-state index contributed by atoms with van der Waals surface area (Å²) in [6.45, 7) is 2.11. The molecule has 4 rings (SSSR count). The molecule has 0 aromatic rings. The molecule has 0 atom stereocenters. The van der Waals surface area contributed by atoms with E-state index in [1.807, 2.05) is 0 Å². The molecule has 4 aliphatic carbocycles. The molecule has 15 heavy (non-hydrogen) atoms. The van der Waals surface area contributed by atoms with Crippen molar-refractivity contribution in [2.75, 3.05) is 0 Å². The quantitative estimate of drug-likeness (QED) is 0.547. The van der Waals surface area contributed by atoms with E-state index in [2.05, 4.69) is 6.92 Å². The van der Waals surface area contributed by atoms with E-state index in [-0.39, 0.29) is 5.54 Å². The summed E-state index contributed by atoms with van der Waals surface area (Å²) in [6.07, 6.45) is 9.38. The van der Waals surface area contributed by atoms with Crippen molar-refractivity contribution in [1.29, 1.82) is 0 Å². The molecule has 2 heteroatoms. The predicted octanol–water partition coefficient (Wildman–Crippen LogP) is 2.72. The maximum atomic E-state index is 5.94. The molecule has 0 spiro atoms. The Balaban J connectivity index is 1.87. The summed E-state index contributed by atoms with van der Waals surface area (Å²) in [6, 6.07) is 0. The lowest BCUT2D eigenvalue weighted by Gasteiger charge is -2.55. The van der Waals surface area contributed by atoms with Gasteiger partial charge in [0.2, 0.25) is 0 Å². The van der Waals surface area contributed by atoms with Gasteiger partial charge in [-0.25, -0.2) is 0 Å². The van der Waals surface area contributed by atoms with Gasteiger partial charge < -0.3 is 5.73 Å². The standard InChI is InChI=1S/C13H22N2/c1-2-12(14)15-13-6-9-3-10(7-13)5-11(4-9)8-13/h9-11H,2-8H2,1H3,(H2,14,15). The Labute approximate surface area is 92.3 Å². The summed E-state index contributed by atoms with van der Waals surface area (Å²) in [5.41, 5.74) is 6.23. The van der Waals surface area contributed by atoms with Crippen LogP contribution in [0, 0.1) is 17.8 Å². The van der Waals surface area contributed by atoms with Gasteiger partial charge in [-0.3, -0.25) is 4.99 Å². The fourth-order valence-electron chi connectivity index (χ4n) is 4.59. The van der Waals surface area contributed by atoms with E-state index in [4.69, 9.17) is 10.7 Å². The lowest BCUT2D eigenvalue weighted by atomic mass is 9.53. The number of aliphatic imine (C=N–C) groups is 1. The fourth-order valence-corrected chi connectivity index (χ4v) is 4.59. The third-order valence-electron chi connectivity index (χ3n) is 4.75. The van der Waals surface area contributed by atoms with Crippen molar-refractivity contribution in [3.05, 3.63) is 0 Å². The van der Waals surface area contributed by atoms with Gasteiger partial charge in [-0.15, -0.1) is 0 Å². The molecule has 2 nitrogen and oxygen atoms in total. The minimum atomic E-state index is 0.287. The topological polar surface area (TPSA) is 38.4 Å². The molecule has 0 amide bonds. The van der Waals surface area contributed by atoms with E-state index in [1.165, 1.54) is 38.5 Å². The van der Waals surface area contributed by atoms with Gasteiger partial charge in [0.05, 0.1) is 11.4 Å². The second-order valence-electron chi connectivity index (χ2n) is 6.10. The molecule has 0 aliphatic heterocycles. The van der Waals surface area contributed by atoms with Crippen molar-refractivity contribution in [2.24, 2.45) is 28.5 Å². The maximum Gasteiger partial charge on any atom is 0.0941 e. The largest absolute Gasteiger partial charge is 0.387 e. The summed E-state index contributed by atoms with van der Waals surface area (Å²) in [5, 5.41) is 0. The van der Waals surface area contributed by atoms with Gasteiger partial charge in [0, 0.05) is 6.42 Å². The Morgan fingerprint density at radius 1 is 1.13 bits per heavy atom. The zero-order chi connectivity index (χ0) is 10.5. The van der Waals surface area contributed by atoms with Crippen molar-refractivity contribution in [2.45, 2.75) is 57.4 Å². The smallest absolute Gasteiger partial charge is 0.0941 e. The van der Waals surface area contributed by atoms with E-state index in [0.29, 0.717) is 0 Å². The molecular weight excluding hydrogens is 184 g/mol. The summed E-state index contributed by atoms with van der Waals surface area (Å²) in [7, 11) is 0. The van der Waals surface area contributed by atoms with Crippen LogP contribution in [0.15, 0.2) is 4.99 Å². The third-order valence-corrected chi connectivity index (χ3v) is 4.75. The molecular formula is C13H22N2. The van der Waals surface area contributed by atoms with E-state index < -0.39 is 0 Å². The van der Waals surface area contributed by atoms with Crippen LogP contribution in [0.1, 0.15) is 51.9 Å². The number of amidine groups is 1. The minimum absolute atomic E-state index is 0.287. The average molecular weight is 206 g/mol. The average Bonchev–Trinajstić information content (AvgIpc) is 2.14. The van der Waals surface area contributed by atoms with Crippen LogP contribution in [0.3, 0.4) is 0 Å². The van der Waals surface area contributed by atoms with Crippen LogP contribution >= 0.6 is 0 Å². The Bertz CT molecular complexity index is 258. The number of hydrogen-bond donors (Lipinski definition) is 1. The lowest BCUT2D eigenvalue weighted by molar-refractivity contribution is 0.00155. The van der Waals surface area contributed by atoms with Crippen LogP contribution in [-0.4, -0.2) is 11.4 Å². The Morgan fingerprint density at radius 3 is 2.00 bits per heavy atom. The van der Waals surface area contributed by atoms with Crippen molar-refractivity contribution in [3.8, 4) is 0 Å².